The average Bonchev–Trinajstić information content (AvgIpc) is 1.60. The van der Waals surface area contributed by atoms with E-state index in [0.717, 1.165) is 47.7 Å². The first kappa shape index (κ1) is 14.7. The summed E-state index contributed by atoms with van der Waals surface area (Å²) in [6, 6.07) is 0. The van der Waals surface area contributed by atoms with Crippen molar-refractivity contribution < 1.29 is 0 Å². The van der Waals surface area contributed by atoms with E-state index in [-0.39, 0.29) is 0 Å². The summed E-state index contributed by atoms with van der Waals surface area (Å²) in [4.78, 5) is 2.00. The molecule has 0 aliphatic carbocycles. The molecule has 0 amide bonds. The van der Waals surface area contributed by atoms with Gasteiger partial charge in [0, 0.05) is 0 Å². The standard InChI is InChI=1S/C6H15Si.K.H2N3/c1-6(2,3)7(4)5;;1-3-2/h1-5H3;;1-2H/q;;+1. The maximum absolute atomic E-state index is 5.50. The number of nitrogens with one attached hydrogen (secondary N) is 2. The van der Waals surface area contributed by atoms with E-state index in [1.54, 1.807) is 0 Å². The van der Waals surface area contributed by atoms with Crippen LogP contribution in [0, 0.1) is 11.1 Å². The molecule has 0 heterocycles. The molecule has 0 radical (unpaired) electrons. The Balaban J connectivity index is 0. The zero-order valence-corrected chi connectivity index (χ0v) is 12.6. The maximum Gasteiger partial charge on any atom is 0.211 e. The fraction of sp³-hybridized carbons (Fsp3) is 1.00. The van der Waals surface area contributed by atoms with E-state index in [0.29, 0.717) is 5.04 Å². The largest absolute Gasteiger partial charge is 0.211 e. The van der Waals surface area contributed by atoms with Crippen LogP contribution < -0.4 is 4.91 Å². The first-order valence-corrected chi connectivity index (χ1v) is 11.9. The minimum atomic E-state index is -0.671. The third-order valence-electron chi connectivity index (χ3n) is 2.25. The molecule has 5 heteroatoms. The number of hydrogen-bond donors (Lipinski definition) is 2. The first-order valence-electron chi connectivity index (χ1n) is 3.70. The van der Waals surface area contributed by atoms with Gasteiger partial charge in [-0.15, -0.1) is 0 Å². The quantitative estimate of drug-likeness (QED) is 0.341. The molecule has 0 saturated carbocycles. The van der Waals surface area contributed by atoms with Crippen LogP contribution in [-0.2, 0) is 0 Å². The molecule has 2 N–H and O–H groups in total. The van der Waals surface area contributed by atoms with Crippen LogP contribution in [-0.4, -0.2) is 48.4 Å². The summed E-state index contributed by atoms with van der Waals surface area (Å²) >= 11 is 1.08. The number of nitrogens with zero attached hydrogens (tertiary/aromatic N) is 1. The van der Waals surface area contributed by atoms with E-state index >= 15 is 0 Å². The molecule has 0 aromatic carbocycles. The topological polar surface area (TPSA) is 61.8 Å². The Morgan fingerprint density at radius 2 is 1.27 bits per heavy atom. The van der Waals surface area contributed by atoms with Crippen molar-refractivity contribution in [2.75, 3.05) is 0 Å². The zero-order valence-electron chi connectivity index (χ0n) is 8.45. The molecule has 11 heavy (non-hydrogen) atoms. The minimum Gasteiger partial charge on any atom is 0.103 e. The Hall–Kier alpha value is 1.16. The summed E-state index contributed by atoms with van der Waals surface area (Å²) in [6.07, 6.45) is 0. The van der Waals surface area contributed by atoms with Gasteiger partial charge in [-0.3, -0.25) is 0 Å². The summed E-state index contributed by atoms with van der Waals surface area (Å²) < 4.78 is -0.671. The molecule has 3 nitrogen and oxygen atoms in total. The van der Waals surface area contributed by atoms with Gasteiger partial charge in [0.15, 0.2) is 0 Å². The minimum absolute atomic E-state index is 0.660. The Morgan fingerprint density at radius 1 is 1.18 bits per heavy atom. The number of hydrogen-bond acceptors (Lipinski definition) is 2. The predicted molar refractivity (Wildman–Crippen MR) is 50.5 cm³/mol. The normalized spacial score (nSPS) is 11.2. The molecule has 60 valence electrons. The molecule has 0 rings (SSSR count). The van der Waals surface area contributed by atoms with Crippen LogP contribution in [0.3, 0.4) is 0 Å². The predicted octanol–water partition coefficient (Wildman–Crippen LogP) is 2.28. The summed E-state index contributed by atoms with van der Waals surface area (Å²) in [5, 5.41) is 0.660. The van der Waals surface area contributed by atoms with Crippen molar-refractivity contribution in [3.8, 4) is 0 Å². The van der Waals surface area contributed by atoms with E-state index in [2.05, 4.69) is 33.9 Å². The Morgan fingerprint density at radius 3 is 1.27 bits per heavy atom. The van der Waals surface area contributed by atoms with Crippen LogP contribution in [0.4, 0.5) is 0 Å². The molecule has 0 spiro atoms. The van der Waals surface area contributed by atoms with Gasteiger partial charge >= 0.3 is 87.3 Å². The second-order valence-electron chi connectivity index (χ2n) is 4.61. The zero-order chi connectivity index (χ0) is 9.71. The molecule has 0 aromatic rings. The van der Waals surface area contributed by atoms with Crippen LogP contribution >= 0.6 is 0 Å². The van der Waals surface area contributed by atoms with Gasteiger partial charge in [-0.2, -0.15) is 0 Å². The van der Waals surface area contributed by atoms with Crippen molar-refractivity contribution in [3.05, 3.63) is 0 Å². The van der Waals surface area contributed by atoms with E-state index in [1.807, 2.05) is 4.91 Å². The van der Waals surface area contributed by atoms with Crippen molar-refractivity contribution in [2.24, 2.45) is 0 Å². The smallest absolute Gasteiger partial charge is 0.103 e. The van der Waals surface area contributed by atoms with Crippen LogP contribution in [0.5, 0.6) is 0 Å². The molecule has 0 atom stereocenters. The van der Waals surface area contributed by atoms with Gasteiger partial charge in [0.1, 0.15) is 11.1 Å². The van der Waals surface area contributed by atoms with Crippen LogP contribution in [0.2, 0.25) is 18.1 Å². The number of rotatable bonds is 0. The SMILES string of the molecule is CC(C)(C)[Si](C)(C)[K].N=[N+]=N. The summed E-state index contributed by atoms with van der Waals surface area (Å²) in [5.74, 6) is 0. The fourth-order valence-electron chi connectivity index (χ4n) is 0. The molecule has 0 unspecified atom stereocenters. The third-order valence-corrected chi connectivity index (χ3v) is 13.8. The summed E-state index contributed by atoms with van der Waals surface area (Å²) in [7, 11) is 0. The Kier molecular flexibility index (Phi) is 7.67. The molecule has 0 aliphatic heterocycles. The van der Waals surface area contributed by atoms with E-state index in [4.69, 9.17) is 11.1 Å². The van der Waals surface area contributed by atoms with Crippen LogP contribution in [0.25, 0.3) is 0 Å². The summed E-state index contributed by atoms with van der Waals surface area (Å²) in [5.41, 5.74) is 11.0. The van der Waals surface area contributed by atoms with Gasteiger partial charge in [0.2, 0.25) is 4.91 Å². The monoisotopic (exact) mass is 198 g/mol. The average molecular weight is 198 g/mol. The Bertz CT molecular complexity index is 127. The van der Waals surface area contributed by atoms with Crippen molar-refractivity contribution in [2.45, 2.75) is 38.9 Å². The van der Waals surface area contributed by atoms with Gasteiger partial charge in [-0.05, 0) is 0 Å². The van der Waals surface area contributed by atoms with Crippen molar-refractivity contribution >= 4 is 48.4 Å². The molecular weight excluding hydrogens is 181 g/mol. The van der Waals surface area contributed by atoms with Crippen LogP contribution in [0.15, 0.2) is 0 Å². The molecular formula is C6H17KN3Si+. The molecule has 0 aliphatic rings. The van der Waals surface area contributed by atoms with Gasteiger partial charge < -0.3 is 0 Å². The maximum atomic E-state index is 5.50. The van der Waals surface area contributed by atoms with Gasteiger partial charge in [0.25, 0.3) is 0 Å². The van der Waals surface area contributed by atoms with Gasteiger partial charge in [-0.25, -0.2) is 0 Å². The first-order chi connectivity index (χ1) is 4.66. The van der Waals surface area contributed by atoms with E-state index < -0.39 is 0.755 Å². The van der Waals surface area contributed by atoms with E-state index in [9.17, 15) is 0 Å². The molecule has 0 saturated heterocycles. The van der Waals surface area contributed by atoms with Crippen molar-refractivity contribution in [1.29, 1.82) is 11.1 Å². The Labute approximate surface area is 102 Å². The summed E-state index contributed by atoms with van der Waals surface area (Å²) in [6.45, 7) is 12.1. The molecule has 0 bridgehead atoms. The fourth-order valence-corrected chi connectivity index (χ4v) is 0. The van der Waals surface area contributed by atoms with Gasteiger partial charge in [-0.1, -0.05) is 0 Å². The third kappa shape index (κ3) is 9.07. The van der Waals surface area contributed by atoms with Crippen LogP contribution in [0.1, 0.15) is 20.8 Å². The van der Waals surface area contributed by atoms with Crippen molar-refractivity contribution in [3.63, 3.8) is 0 Å². The molecule has 0 aromatic heterocycles. The molecule has 0 fully saturated rings. The van der Waals surface area contributed by atoms with E-state index in [1.165, 1.54) is 0 Å². The van der Waals surface area contributed by atoms with Gasteiger partial charge in [0.05, 0.1) is 0 Å². The van der Waals surface area contributed by atoms with Crippen molar-refractivity contribution in [1.82, 2.24) is 4.91 Å². The second kappa shape index (κ2) is 5.75. The second-order valence-corrected chi connectivity index (χ2v) is 22.3.